The molecule has 1 heterocycles. The number of benzene rings is 1. The van der Waals surface area contributed by atoms with Crippen molar-refractivity contribution in [1.82, 2.24) is 4.98 Å². The van der Waals surface area contributed by atoms with E-state index in [1.807, 2.05) is 31.3 Å². The Morgan fingerprint density at radius 3 is 2.88 bits per heavy atom. The van der Waals surface area contributed by atoms with Crippen LogP contribution in [0, 0.1) is 5.92 Å². The van der Waals surface area contributed by atoms with Gasteiger partial charge in [0.2, 0.25) is 0 Å². The number of aromatic amines is 1. The Morgan fingerprint density at radius 2 is 2.18 bits per heavy atom. The number of nitrogens with one attached hydrogen (secondary N) is 1. The number of rotatable bonds is 5. The molecule has 1 aromatic carbocycles. The number of carboxylic acid groups (broad SMARTS) is 1. The number of H-pyrrole nitrogens is 1. The zero-order valence-corrected chi connectivity index (χ0v) is 9.94. The van der Waals surface area contributed by atoms with Crippen LogP contribution in [0.25, 0.3) is 10.9 Å². The quantitative estimate of drug-likeness (QED) is 0.830. The summed E-state index contributed by atoms with van der Waals surface area (Å²) in [6.45, 7) is 2.04. The van der Waals surface area contributed by atoms with Gasteiger partial charge in [-0.15, -0.1) is 0 Å². The predicted molar refractivity (Wildman–Crippen MR) is 68.0 cm³/mol. The Hall–Kier alpha value is -1.77. The molecule has 0 amide bonds. The van der Waals surface area contributed by atoms with Gasteiger partial charge in [0, 0.05) is 23.5 Å². The highest BCUT2D eigenvalue weighted by atomic mass is 16.4. The topological polar surface area (TPSA) is 53.1 Å². The molecule has 3 nitrogen and oxygen atoms in total. The van der Waals surface area contributed by atoms with Crippen LogP contribution in [0.4, 0.5) is 0 Å². The van der Waals surface area contributed by atoms with Gasteiger partial charge in [-0.1, -0.05) is 31.5 Å². The molecule has 2 N–H and O–H groups in total. The normalized spacial score (nSPS) is 12.8. The Balaban J connectivity index is 2.19. The van der Waals surface area contributed by atoms with Crippen LogP contribution in [-0.4, -0.2) is 16.1 Å². The average Bonchev–Trinajstić information content (AvgIpc) is 2.71. The molecule has 3 heteroatoms. The van der Waals surface area contributed by atoms with Crippen molar-refractivity contribution < 1.29 is 9.90 Å². The minimum absolute atomic E-state index is 0.215. The maximum atomic E-state index is 10.8. The molecular formula is C14H17NO2. The molecule has 2 aromatic rings. The minimum atomic E-state index is -0.711. The number of carboxylic acids is 1. The van der Waals surface area contributed by atoms with E-state index in [0.717, 1.165) is 18.4 Å². The van der Waals surface area contributed by atoms with Crippen LogP contribution in [0.5, 0.6) is 0 Å². The molecule has 1 aromatic heterocycles. The molecule has 0 saturated heterocycles. The van der Waals surface area contributed by atoms with Crippen molar-refractivity contribution in [3.05, 3.63) is 36.0 Å². The number of hydrogen-bond donors (Lipinski definition) is 2. The molecule has 0 aliphatic heterocycles. The van der Waals surface area contributed by atoms with Crippen molar-refractivity contribution in [2.75, 3.05) is 0 Å². The fourth-order valence-corrected chi connectivity index (χ4v) is 2.22. The van der Waals surface area contributed by atoms with Crippen LogP contribution in [-0.2, 0) is 11.2 Å². The van der Waals surface area contributed by atoms with Gasteiger partial charge < -0.3 is 10.1 Å². The number of carbonyl (C=O) groups is 1. The number of aromatic nitrogens is 1. The zero-order chi connectivity index (χ0) is 12.3. The van der Waals surface area contributed by atoms with Crippen LogP contribution in [0.15, 0.2) is 30.5 Å². The highest BCUT2D eigenvalue weighted by Crippen LogP contribution is 2.23. The summed E-state index contributed by atoms with van der Waals surface area (Å²) in [5.41, 5.74) is 2.33. The van der Waals surface area contributed by atoms with Crippen LogP contribution >= 0.6 is 0 Å². The summed E-state index contributed by atoms with van der Waals surface area (Å²) >= 11 is 0. The Kier molecular flexibility index (Phi) is 3.47. The van der Waals surface area contributed by atoms with Gasteiger partial charge in [-0.2, -0.15) is 0 Å². The molecule has 0 radical (unpaired) electrons. The summed E-state index contributed by atoms with van der Waals surface area (Å²) in [5, 5.41) is 10.1. The summed E-state index contributed by atoms with van der Waals surface area (Å²) in [6.07, 6.45) is 3.96. The number of hydrogen-bond acceptors (Lipinski definition) is 1. The maximum Gasteiger partial charge on any atom is 0.303 e. The molecule has 0 aliphatic carbocycles. The molecule has 0 fully saturated rings. The third-order valence-electron chi connectivity index (χ3n) is 3.22. The van der Waals surface area contributed by atoms with E-state index < -0.39 is 5.97 Å². The van der Waals surface area contributed by atoms with Crippen LogP contribution in [0.2, 0.25) is 0 Å². The maximum absolute atomic E-state index is 10.8. The third-order valence-corrected chi connectivity index (χ3v) is 3.22. The Morgan fingerprint density at radius 1 is 1.41 bits per heavy atom. The first kappa shape index (κ1) is 11.7. The van der Waals surface area contributed by atoms with Gasteiger partial charge >= 0.3 is 5.97 Å². The first-order chi connectivity index (χ1) is 8.20. The van der Waals surface area contributed by atoms with Crippen LogP contribution in [0.3, 0.4) is 0 Å². The lowest BCUT2D eigenvalue weighted by Gasteiger charge is -2.11. The van der Waals surface area contributed by atoms with Gasteiger partial charge in [-0.25, -0.2) is 0 Å². The van der Waals surface area contributed by atoms with E-state index >= 15 is 0 Å². The molecule has 90 valence electrons. The lowest BCUT2D eigenvalue weighted by molar-refractivity contribution is -0.138. The van der Waals surface area contributed by atoms with Gasteiger partial charge in [-0.05, 0) is 24.0 Å². The first-order valence-electron chi connectivity index (χ1n) is 5.97. The highest BCUT2D eigenvalue weighted by molar-refractivity contribution is 5.83. The molecule has 0 bridgehead atoms. The summed E-state index contributed by atoms with van der Waals surface area (Å²) in [7, 11) is 0. The fraction of sp³-hybridized carbons (Fsp3) is 0.357. The van der Waals surface area contributed by atoms with Gasteiger partial charge in [0.15, 0.2) is 0 Å². The van der Waals surface area contributed by atoms with E-state index in [-0.39, 0.29) is 12.3 Å². The van der Waals surface area contributed by atoms with Crippen molar-refractivity contribution in [2.24, 2.45) is 5.92 Å². The second kappa shape index (κ2) is 5.04. The van der Waals surface area contributed by atoms with Crippen molar-refractivity contribution in [3.63, 3.8) is 0 Å². The molecule has 0 saturated carbocycles. The average molecular weight is 231 g/mol. The molecular weight excluding hydrogens is 214 g/mol. The van der Waals surface area contributed by atoms with Crippen LogP contribution in [0.1, 0.15) is 25.3 Å². The second-order valence-corrected chi connectivity index (χ2v) is 4.44. The van der Waals surface area contributed by atoms with Gasteiger partial charge in [-0.3, -0.25) is 4.79 Å². The molecule has 0 aliphatic rings. The molecule has 2 rings (SSSR count). The Bertz CT molecular complexity index is 516. The summed E-state index contributed by atoms with van der Waals surface area (Å²) in [5.74, 6) is -0.497. The SMILES string of the molecule is CCC(CC(=O)O)Cc1c[nH]c2ccccc12. The first-order valence-corrected chi connectivity index (χ1v) is 5.97. The van der Waals surface area contributed by atoms with E-state index in [2.05, 4.69) is 11.1 Å². The van der Waals surface area contributed by atoms with E-state index in [4.69, 9.17) is 5.11 Å². The lowest BCUT2D eigenvalue weighted by Crippen LogP contribution is -2.09. The number of aliphatic carboxylic acids is 1. The summed E-state index contributed by atoms with van der Waals surface area (Å²) < 4.78 is 0. The summed E-state index contributed by atoms with van der Waals surface area (Å²) in [4.78, 5) is 14.0. The van der Waals surface area contributed by atoms with E-state index in [9.17, 15) is 4.79 Å². The summed E-state index contributed by atoms with van der Waals surface area (Å²) in [6, 6.07) is 8.13. The highest BCUT2D eigenvalue weighted by Gasteiger charge is 2.14. The van der Waals surface area contributed by atoms with Crippen molar-refractivity contribution in [3.8, 4) is 0 Å². The van der Waals surface area contributed by atoms with E-state index in [1.54, 1.807) is 0 Å². The molecule has 17 heavy (non-hydrogen) atoms. The van der Waals surface area contributed by atoms with Crippen molar-refractivity contribution in [2.45, 2.75) is 26.2 Å². The third kappa shape index (κ3) is 2.67. The number of fused-ring (bicyclic) bond motifs is 1. The van der Waals surface area contributed by atoms with Gasteiger partial charge in [0.1, 0.15) is 0 Å². The largest absolute Gasteiger partial charge is 0.481 e. The zero-order valence-electron chi connectivity index (χ0n) is 9.94. The fourth-order valence-electron chi connectivity index (χ4n) is 2.22. The van der Waals surface area contributed by atoms with Gasteiger partial charge in [0.25, 0.3) is 0 Å². The standard InChI is InChI=1S/C14H17NO2/c1-2-10(8-14(16)17)7-11-9-15-13-6-4-3-5-12(11)13/h3-6,9-10,15H,2,7-8H2,1H3,(H,16,17). The van der Waals surface area contributed by atoms with Crippen molar-refractivity contribution in [1.29, 1.82) is 0 Å². The van der Waals surface area contributed by atoms with Gasteiger partial charge in [0.05, 0.1) is 0 Å². The number of para-hydroxylation sites is 1. The smallest absolute Gasteiger partial charge is 0.303 e. The predicted octanol–water partition coefficient (Wildman–Crippen LogP) is 3.21. The minimum Gasteiger partial charge on any atom is -0.481 e. The van der Waals surface area contributed by atoms with E-state index in [0.29, 0.717) is 0 Å². The Labute approximate surface area is 100 Å². The lowest BCUT2D eigenvalue weighted by atomic mass is 9.94. The molecule has 0 spiro atoms. The molecule has 1 unspecified atom stereocenters. The monoisotopic (exact) mass is 231 g/mol. The van der Waals surface area contributed by atoms with E-state index in [1.165, 1.54) is 10.9 Å². The van der Waals surface area contributed by atoms with Crippen molar-refractivity contribution >= 4 is 16.9 Å². The molecule has 1 atom stereocenters. The van der Waals surface area contributed by atoms with Crippen LogP contribution < -0.4 is 0 Å². The second-order valence-electron chi connectivity index (χ2n) is 4.44.